The summed E-state index contributed by atoms with van der Waals surface area (Å²) in [6, 6.07) is 4.07. The fourth-order valence-electron chi connectivity index (χ4n) is 2.41. The summed E-state index contributed by atoms with van der Waals surface area (Å²) in [5, 5.41) is 2.64. The van der Waals surface area contributed by atoms with E-state index in [-0.39, 0.29) is 36.5 Å². The Morgan fingerprint density at radius 2 is 2.26 bits per heavy atom. The van der Waals surface area contributed by atoms with Gasteiger partial charge >= 0.3 is 6.09 Å². The molecule has 1 aliphatic rings. The summed E-state index contributed by atoms with van der Waals surface area (Å²) >= 11 is 5.61. The van der Waals surface area contributed by atoms with Gasteiger partial charge in [-0.15, -0.1) is 0 Å². The van der Waals surface area contributed by atoms with E-state index in [1.54, 1.807) is 0 Å². The fraction of sp³-hybridized carbons (Fsp3) is 0.467. The molecule has 0 radical (unpaired) electrons. The molecule has 0 bridgehead atoms. The van der Waals surface area contributed by atoms with Gasteiger partial charge in [-0.25, -0.2) is 9.18 Å². The summed E-state index contributed by atoms with van der Waals surface area (Å²) < 4.78 is 18.4. The van der Waals surface area contributed by atoms with Crippen molar-refractivity contribution >= 4 is 29.3 Å². The average molecular weight is 344 g/mol. The molecule has 2 rings (SSSR count). The van der Waals surface area contributed by atoms with E-state index >= 15 is 0 Å². The number of carbonyl (C=O) groups is 2. The number of anilines is 1. The standard InChI is InChI=1S/C15H19ClFN3O3/c16-12-4-3-11(8-13(12)17)19-14(21)10-2-1-6-20(9-10)15(22)23-7-5-18/h3-4,8,10H,1-2,5-7,9,18H2,(H,19,21). The molecule has 0 aliphatic carbocycles. The summed E-state index contributed by atoms with van der Waals surface area (Å²) in [4.78, 5) is 25.6. The molecule has 1 fully saturated rings. The third-order valence-electron chi connectivity index (χ3n) is 3.58. The van der Waals surface area contributed by atoms with Gasteiger partial charge in [0.15, 0.2) is 0 Å². The van der Waals surface area contributed by atoms with E-state index in [0.717, 1.165) is 6.07 Å². The van der Waals surface area contributed by atoms with E-state index in [1.165, 1.54) is 17.0 Å². The Morgan fingerprint density at radius 1 is 1.48 bits per heavy atom. The van der Waals surface area contributed by atoms with Gasteiger partial charge in [0.25, 0.3) is 0 Å². The number of hydrogen-bond donors (Lipinski definition) is 2. The Kier molecular flexibility index (Phi) is 6.18. The van der Waals surface area contributed by atoms with Crippen LogP contribution in [0.15, 0.2) is 18.2 Å². The summed E-state index contributed by atoms with van der Waals surface area (Å²) in [7, 11) is 0. The maximum absolute atomic E-state index is 13.4. The van der Waals surface area contributed by atoms with Gasteiger partial charge in [-0.3, -0.25) is 4.79 Å². The van der Waals surface area contributed by atoms with Crippen LogP contribution in [0.5, 0.6) is 0 Å². The maximum Gasteiger partial charge on any atom is 0.409 e. The second-order valence-corrected chi connectivity index (χ2v) is 5.71. The van der Waals surface area contributed by atoms with Crippen molar-refractivity contribution in [1.82, 2.24) is 4.90 Å². The quantitative estimate of drug-likeness (QED) is 0.878. The molecule has 1 aromatic rings. The van der Waals surface area contributed by atoms with Gasteiger partial charge in [-0.2, -0.15) is 0 Å². The minimum absolute atomic E-state index is 0.00510. The highest BCUT2D eigenvalue weighted by Crippen LogP contribution is 2.22. The van der Waals surface area contributed by atoms with Crippen LogP contribution in [0.1, 0.15) is 12.8 Å². The van der Waals surface area contributed by atoms with Crippen LogP contribution in [0.3, 0.4) is 0 Å². The molecular formula is C15H19ClFN3O3. The Hall–Kier alpha value is -1.86. The van der Waals surface area contributed by atoms with E-state index in [0.29, 0.717) is 25.1 Å². The molecule has 1 unspecified atom stereocenters. The molecule has 126 valence electrons. The van der Waals surface area contributed by atoms with Crippen LogP contribution in [0, 0.1) is 11.7 Å². The number of piperidine rings is 1. The molecule has 8 heteroatoms. The number of hydrogen-bond acceptors (Lipinski definition) is 4. The first-order valence-electron chi connectivity index (χ1n) is 7.39. The second kappa shape index (κ2) is 8.12. The zero-order chi connectivity index (χ0) is 16.8. The lowest BCUT2D eigenvalue weighted by Crippen LogP contribution is -2.44. The Labute approximate surface area is 138 Å². The zero-order valence-corrected chi connectivity index (χ0v) is 13.3. The summed E-state index contributed by atoms with van der Waals surface area (Å²) in [6.45, 7) is 1.22. The van der Waals surface area contributed by atoms with E-state index in [4.69, 9.17) is 22.1 Å². The van der Waals surface area contributed by atoms with Crippen molar-refractivity contribution in [3.05, 3.63) is 29.0 Å². The fourth-order valence-corrected chi connectivity index (χ4v) is 2.53. The summed E-state index contributed by atoms with van der Waals surface area (Å²) in [5.41, 5.74) is 5.62. The second-order valence-electron chi connectivity index (χ2n) is 5.31. The predicted molar refractivity (Wildman–Crippen MR) is 84.7 cm³/mol. The lowest BCUT2D eigenvalue weighted by molar-refractivity contribution is -0.121. The van der Waals surface area contributed by atoms with Crippen molar-refractivity contribution in [3.63, 3.8) is 0 Å². The lowest BCUT2D eigenvalue weighted by atomic mass is 9.97. The number of benzene rings is 1. The van der Waals surface area contributed by atoms with Crippen LogP contribution < -0.4 is 11.1 Å². The molecular weight excluding hydrogens is 325 g/mol. The van der Waals surface area contributed by atoms with Crippen LogP contribution in [0.2, 0.25) is 5.02 Å². The minimum Gasteiger partial charge on any atom is -0.448 e. The normalized spacial score (nSPS) is 17.7. The van der Waals surface area contributed by atoms with Gasteiger partial charge < -0.3 is 20.7 Å². The molecule has 1 aromatic carbocycles. The summed E-state index contributed by atoms with van der Waals surface area (Å²) in [5.74, 6) is -1.23. The number of likely N-dealkylation sites (tertiary alicyclic amines) is 1. The largest absolute Gasteiger partial charge is 0.448 e. The molecule has 1 saturated heterocycles. The monoisotopic (exact) mass is 343 g/mol. The number of amides is 2. The Morgan fingerprint density at radius 3 is 2.96 bits per heavy atom. The number of nitrogens with one attached hydrogen (secondary N) is 1. The van der Waals surface area contributed by atoms with Gasteiger partial charge in [0.2, 0.25) is 5.91 Å². The van der Waals surface area contributed by atoms with Crippen molar-refractivity contribution in [2.24, 2.45) is 11.7 Å². The average Bonchev–Trinajstić information content (AvgIpc) is 2.56. The number of ether oxygens (including phenoxy) is 1. The van der Waals surface area contributed by atoms with Gasteiger partial charge in [0, 0.05) is 25.3 Å². The molecule has 3 N–H and O–H groups in total. The Bertz CT molecular complexity index is 585. The third-order valence-corrected chi connectivity index (χ3v) is 3.89. The first kappa shape index (κ1) is 17.5. The Balaban J connectivity index is 1.93. The van der Waals surface area contributed by atoms with Crippen molar-refractivity contribution in [1.29, 1.82) is 0 Å². The first-order chi connectivity index (χ1) is 11.0. The molecule has 0 saturated carbocycles. The highest BCUT2D eigenvalue weighted by molar-refractivity contribution is 6.30. The highest BCUT2D eigenvalue weighted by Gasteiger charge is 2.29. The van der Waals surface area contributed by atoms with Gasteiger partial charge in [-0.1, -0.05) is 11.6 Å². The zero-order valence-electron chi connectivity index (χ0n) is 12.6. The van der Waals surface area contributed by atoms with E-state index in [1.807, 2.05) is 0 Å². The van der Waals surface area contributed by atoms with Crippen molar-refractivity contribution in [3.8, 4) is 0 Å². The predicted octanol–water partition coefficient (Wildman–Crippen LogP) is 2.22. The van der Waals surface area contributed by atoms with Crippen LogP contribution in [0.4, 0.5) is 14.9 Å². The van der Waals surface area contributed by atoms with E-state index < -0.39 is 11.9 Å². The SMILES string of the molecule is NCCOC(=O)N1CCCC(C(=O)Nc2ccc(Cl)c(F)c2)C1. The van der Waals surface area contributed by atoms with Crippen LogP contribution in [-0.2, 0) is 9.53 Å². The molecule has 6 nitrogen and oxygen atoms in total. The number of nitrogens with zero attached hydrogens (tertiary/aromatic N) is 1. The maximum atomic E-state index is 13.4. The molecule has 0 spiro atoms. The number of carbonyl (C=O) groups excluding carboxylic acids is 2. The topological polar surface area (TPSA) is 84.7 Å². The van der Waals surface area contributed by atoms with E-state index in [2.05, 4.69) is 5.32 Å². The highest BCUT2D eigenvalue weighted by atomic mass is 35.5. The molecule has 1 atom stereocenters. The van der Waals surface area contributed by atoms with Crippen LogP contribution in [-0.4, -0.2) is 43.1 Å². The van der Waals surface area contributed by atoms with Crippen molar-refractivity contribution in [2.75, 3.05) is 31.6 Å². The molecule has 2 amide bonds. The summed E-state index contributed by atoms with van der Waals surface area (Å²) in [6.07, 6.45) is 0.887. The number of halogens is 2. The van der Waals surface area contributed by atoms with E-state index in [9.17, 15) is 14.0 Å². The number of rotatable bonds is 4. The molecule has 23 heavy (non-hydrogen) atoms. The van der Waals surface area contributed by atoms with Gasteiger partial charge in [-0.05, 0) is 31.0 Å². The van der Waals surface area contributed by atoms with Crippen molar-refractivity contribution in [2.45, 2.75) is 12.8 Å². The van der Waals surface area contributed by atoms with Crippen molar-refractivity contribution < 1.29 is 18.7 Å². The van der Waals surface area contributed by atoms with Crippen LogP contribution >= 0.6 is 11.6 Å². The first-order valence-corrected chi connectivity index (χ1v) is 7.76. The van der Waals surface area contributed by atoms with Gasteiger partial charge in [0.1, 0.15) is 12.4 Å². The number of nitrogens with two attached hydrogens (primary N) is 1. The lowest BCUT2D eigenvalue weighted by Gasteiger charge is -2.31. The molecule has 1 aliphatic heterocycles. The smallest absolute Gasteiger partial charge is 0.409 e. The molecule has 1 heterocycles. The minimum atomic E-state index is -0.597. The molecule has 0 aromatic heterocycles. The third kappa shape index (κ3) is 4.80. The van der Waals surface area contributed by atoms with Gasteiger partial charge in [0.05, 0.1) is 10.9 Å². The van der Waals surface area contributed by atoms with Crippen LogP contribution in [0.25, 0.3) is 0 Å².